The Morgan fingerprint density at radius 3 is 2.33 bits per heavy atom. The van der Waals surface area contributed by atoms with E-state index in [1.165, 1.54) is 5.56 Å². The van der Waals surface area contributed by atoms with Gasteiger partial charge in [-0.15, -0.1) is 0 Å². The Bertz CT molecular complexity index is 505. The zero-order valence-electron chi connectivity index (χ0n) is 10.4. The molecule has 0 aliphatic rings. The summed E-state index contributed by atoms with van der Waals surface area (Å²) in [4.78, 5) is 0. The summed E-state index contributed by atoms with van der Waals surface area (Å²) in [5, 5.41) is 10.4. The highest BCUT2D eigenvalue weighted by Gasteiger charge is 2.12. The van der Waals surface area contributed by atoms with Gasteiger partial charge in [0.25, 0.3) is 0 Å². The van der Waals surface area contributed by atoms with Gasteiger partial charge in [0.1, 0.15) is 6.10 Å². The third-order valence-electron chi connectivity index (χ3n) is 3.03. The number of benzene rings is 2. The van der Waals surface area contributed by atoms with E-state index >= 15 is 0 Å². The largest absolute Gasteiger partial charge is 0.384 e. The van der Waals surface area contributed by atoms with Gasteiger partial charge in [0.15, 0.2) is 0 Å². The maximum absolute atomic E-state index is 10.4. The number of rotatable bonds is 4. The van der Waals surface area contributed by atoms with Crippen LogP contribution in [0.25, 0.3) is 0 Å². The average Bonchev–Trinajstić information content (AvgIpc) is 2.40. The van der Waals surface area contributed by atoms with Gasteiger partial charge in [0.05, 0.1) is 0 Å². The van der Waals surface area contributed by atoms with Gasteiger partial charge in [0.2, 0.25) is 0 Å². The lowest BCUT2D eigenvalue weighted by molar-refractivity contribution is 0.219. The Morgan fingerprint density at radius 1 is 1.06 bits per heavy atom. The van der Waals surface area contributed by atoms with Crippen molar-refractivity contribution in [2.75, 3.05) is 0 Å². The van der Waals surface area contributed by atoms with Crippen LogP contribution in [-0.4, -0.2) is 5.11 Å². The molecule has 0 bridgehead atoms. The van der Waals surface area contributed by atoms with Crippen molar-refractivity contribution < 1.29 is 5.11 Å². The molecule has 0 radical (unpaired) electrons. The molecule has 2 heteroatoms. The molecule has 0 spiro atoms. The first-order valence-corrected chi connectivity index (χ1v) is 7.03. The van der Waals surface area contributed by atoms with Crippen LogP contribution in [0.4, 0.5) is 0 Å². The van der Waals surface area contributed by atoms with E-state index in [2.05, 4.69) is 35.0 Å². The minimum absolute atomic E-state index is 0.573. The van der Waals surface area contributed by atoms with Crippen LogP contribution in [0.15, 0.2) is 53.0 Å². The Morgan fingerprint density at radius 2 is 1.72 bits per heavy atom. The molecule has 18 heavy (non-hydrogen) atoms. The highest BCUT2D eigenvalue weighted by Crippen LogP contribution is 2.28. The average molecular weight is 305 g/mol. The second-order valence-electron chi connectivity index (χ2n) is 4.42. The van der Waals surface area contributed by atoms with Crippen LogP contribution in [0, 0.1) is 0 Å². The predicted octanol–water partition coefficient (Wildman–Crippen LogP) is 4.48. The Kier molecular flexibility index (Phi) is 4.56. The summed E-state index contributed by atoms with van der Waals surface area (Å²) in [5.41, 5.74) is 3.16. The summed E-state index contributed by atoms with van der Waals surface area (Å²) in [5.74, 6) is 0. The second-order valence-corrected chi connectivity index (χ2v) is 5.27. The molecule has 2 aromatic carbocycles. The van der Waals surface area contributed by atoms with E-state index in [0.29, 0.717) is 0 Å². The standard InChI is InChI=1S/C16H17BrO/c1-2-5-12-8-10-13(11-9-12)16(18)14-6-3-4-7-15(14)17/h3-4,6-11,16,18H,2,5H2,1H3. The highest BCUT2D eigenvalue weighted by atomic mass is 79.9. The summed E-state index contributed by atoms with van der Waals surface area (Å²) in [7, 11) is 0. The number of hydrogen-bond acceptors (Lipinski definition) is 1. The van der Waals surface area contributed by atoms with Gasteiger partial charge in [-0.05, 0) is 29.2 Å². The number of hydrogen-bond donors (Lipinski definition) is 1. The fourth-order valence-electron chi connectivity index (χ4n) is 2.03. The lowest BCUT2D eigenvalue weighted by Crippen LogP contribution is -2.00. The summed E-state index contributed by atoms with van der Waals surface area (Å²) in [6, 6.07) is 16.0. The van der Waals surface area contributed by atoms with E-state index in [-0.39, 0.29) is 0 Å². The van der Waals surface area contributed by atoms with E-state index in [0.717, 1.165) is 28.4 Å². The Hall–Kier alpha value is -1.12. The molecular weight excluding hydrogens is 288 g/mol. The van der Waals surface area contributed by atoms with Crippen LogP contribution < -0.4 is 0 Å². The van der Waals surface area contributed by atoms with Crippen molar-refractivity contribution >= 4 is 15.9 Å². The lowest BCUT2D eigenvalue weighted by atomic mass is 9.99. The summed E-state index contributed by atoms with van der Waals surface area (Å²) >= 11 is 3.47. The number of aliphatic hydroxyl groups is 1. The SMILES string of the molecule is CCCc1ccc(C(O)c2ccccc2Br)cc1. The van der Waals surface area contributed by atoms with Gasteiger partial charge >= 0.3 is 0 Å². The first kappa shape index (κ1) is 13.3. The van der Waals surface area contributed by atoms with Gasteiger partial charge in [-0.2, -0.15) is 0 Å². The highest BCUT2D eigenvalue weighted by molar-refractivity contribution is 9.10. The van der Waals surface area contributed by atoms with Gasteiger partial charge in [-0.25, -0.2) is 0 Å². The van der Waals surface area contributed by atoms with Crippen LogP contribution in [0.5, 0.6) is 0 Å². The van der Waals surface area contributed by atoms with Gasteiger partial charge in [0, 0.05) is 4.47 Å². The number of halogens is 1. The fourth-order valence-corrected chi connectivity index (χ4v) is 2.53. The van der Waals surface area contributed by atoms with Crippen molar-refractivity contribution in [2.24, 2.45) is 0 Å². The molecule has 0 aromatic heterocycles. The molecule has 2 aromatic rings. The van der Waals surface area contributed by atoms with Crippen molar-refractivity contribution in [3.05, 3.63) is 69.7 Å². The zero-order chi connectivity index (χ0) is 13.0. The van der Waals surface area contributed by atoms with Crippen LogP contribution in [0.2, 0.25) is 0 Å². The molecule has 0 heterocycles. The first-order valence-electron chi connectivity index (χ1n) is 6.23. The molecule has 0 saturated heterocycles. The van der Waals surface area contributed by atoms with Crippen molar-refractivity contribution in [2.45, 2.75) is 25.9 Å². The second kappa shape index (κ2) is 6.17. The van der Waals surface area contributed by atoms with Crippen molar-refractivity contribution in [3.63, 3.8) is 0 Å². The third-order valence-corrected chi connectivity index (χ3v) is 3.76. The van der Waals surface area contributed by atoms with Crippen molar-refractivity contribution in [1.82, 2.24) is 0 Å². The molecule has 1 unspecified atom stereocenters. The molecule has 0 amide bonds. The van der Waals surface area contributed by atoms with Gasteiger partial charge in [-0.3, -0.25) is 0 Å². The van der Waals surface area contributed by atoms with Crippen LogP contribution in [0.1, 0.15) is 36.1 Å². The smallest absolute Gasteiger partial charge is 0.105 e. The quantitative estimate of drug-likeness (QED) is 0.883. The van der Waals surface area contributed by atoms with E-state index < -0.39 is 6.10 Å². The topological polar surface area (TPSA) is 20.2 Å². The molecular formula is C16H17BrO. The minimum atomic E-state index is -0.573. The molecule has 0 aliphatic carbocycles. The van der Waals surface area contributed by atoms with E-state index in [1.54, 1.807) is 0 Å². The minimum Gasteiger partial charge on any atom is -0.384 e. The maximum atomic E-state index is 10.4. The monoisotopic (exact) mass is 304 g/mol. The summed E-state index contributed by atoms with van der Waals surface area (Å²) in [6.07, 6.45) is 1.66. The lowest BCUT2D eigenvalue weighted by Gasteiger charge is -2.13. The summed E-state index contributed by atoms with van der Waals surface area (Å²) in [6.45, 7) is 2.17. The number of aliphatic hydroxyl groups excluding tert-OH is 1. The van der Waals surface area contributed by atoms with E-state index in [4.69, 9.17) is 0 Å². The zero-order valence-corrected chi connectivity index (χ0v) is 12.0. The van der Waals surface area contributed by atoms with Crippen molar-refractivity contribution in [1.29, 1.82) is 0 Å². The molecule has 0 aliphatic heterocycles. The van der Waals surface area contributed by atoms with E-state index in [9.17, 15) is 5.11 Å². The van der Waals surface area contributed by atoms with Crippen LogP contribution in [0.3, 0.4) is 0 Å². The first-order chi connectivity index (χ1) is 8.72. The normalized spacial score (nSPS) is 12.4. The number of aryl methyl sites for hydroxylation is 1. The fraction of sp³-hybridized carbons (Fsp3) is 0.250. The van der Waals surface area contributed by atoms with Gasteiger partial charge in [-0.1, -0.05) is 71.7 Å². The molecule has 1 nitrogen and oxygen atoms in total. The molecule has 1 atom stereocenters. The van der Waals surface area contributed by atoms with Crippen molar-refractivity contribution in [3.8, 4) is 0 Å². The summed E-state index contributed by atoms with van der Waals surface area (Å²) < 4.78 is 0.940. The van der Waals surface area contributed by atoms with E-state index in [1.807, 2.05) is 36.4 Å². The molecule has 1 N–H and O–H groups in total. The Balaban J connectivity index is 2.23. The van der Waals surface area contributed by atoms with Crippen LogP contribution in [-0.2, 0) is 6.42 Å². The van der Waals surface area contributed by atoms with Crippen LogP contribution >= 0.6 is 15.9 Å². The Labute approximate surface area is 117 Å². The maximum Gasteiger partial charge on any atom is 0.105 e. The molecule has 2 rings (SSSR count). The predicted molar refractivity (Wildman–Crippen MR) is 78.6 cm³/mol. The molecule has 0 saturated carbocycles. The van der Waals surface area contributed by atoms with Gasteiger partial charge < -0.3 is 5.11 Å². The molecule has 94 valence electrons. The molecule has 0 fully saturated rings. The third kappa shape index (κ3) is 3.01.